The van der Waals surface area contributed by atoms with Gasteiger partial charge in [-0.1, -0.05) is 0 Å². The van der Waals surface area contributed by atoms with Gasteiger partial charge < -0.3 is 20.0 Å². The van der Waals surface area contributed by atoms with Crippen LogP contribution in [0, 0.1) is 0 Å². The number of aliphatic hydroxyl groups is 2. The number of phosphoric acid groups is 1. The van der Waals surface area contributed by atoms with Crippen molar-refractivity contribution in [3.8, 4) is 0 Å². The van der Waals surface area contributed by atoms with E-state index in [1.807, 2.05) is 0 Å². The van der Waals surface area contributed by atoms with E-state index in [0.29, 0.717) is 0 Å². The molecular weight excluding hydrogens is 222 g/mol. The Morgan fingerprint density at radius 3 is 2.18 bits per heavy atom. The first-order valence-electron chi connectivity index (χ1n) is 2.44. The average Bonchev–Trinajstić information content (AvgIpc) is 1.81. The van der Waals surface area contributed by atoms with E-state index in [9.17, 15) is 4.57 Å². The maximum Gasteiger partial charge on any atom is 0.469 e. The van der Waals surface area contributed by atoms with E-state index in [0.717, 1.165) is 0 Å². The van der Waals surface area contributed by atoms with Crippen LogP contribution in [-0.4, -0.2) is 39.3 Å². The molecule has 0 aromatic rings. The number of aliphatic hydroxyl groups excluding tert-OH is 2. The maximum atomic E-state index is 9.93. The summed E-state index contributed by atoms with van der Waals surface area (Å²) in [5.41, 5.74) is 0. The third-order valence-electron chi connectivity index (χ3n) is 0.646. The Morgan fingerprint density at radius 2 is 1.91 bits per heavy atom. The summed E-state index contributed by atoms with van der Waals surface area (Å²) in [7, 11) is -4.50. The second-order valence-corrected chi connectivity index (χ2v) is 2.86. The molecule has 0 aromatic heterocycles. The first kappa shape index (κ1) is 14.1. The van der Waals surface area contributed by atoms with Crippen molar-refractivity contribution in [3.05, 3.63) is 0 Å². The van der Waals surface area contributed by atoms with Crippen LogP contribution in [0.25, 0.3) is 0 Å². The number of hydrogen-bond donors (Lipinski definition) is 4. The molecule has 0 radical (unpaired) electrons. The molecule has 0 aromatic carbocycles. The molecule has 0 fully saturated rings. The second-order valence-electron chi connectivity index (χ2n) is 1.62. The molecule has 0 bridgehead atoms. The van der Waals surface area contributed by atoms with Crippen molar-refractivity contribution >= 4 is 7.82 Å². The topological polar surface area (TPSA) is 107 Å². The zero-order chi connectivity index (χ0) is 8.20. The first-order valence-corrected chi connectivity index (χ1v) is 3.98. The van der Waals surface area contributed by atoms with Crippen molar-refractivity contribution in [2.45, 2.75) is 6.10 Å². The summed E-state index contributed by atoms with van der Waals surface area (Å²) in [4.78, 5) is 16.1. The van der Waals surface area contributed by atoms with Gasteiger partial charge in [0.05, 0.1) is 13.2 Å². The Bertz CT molecular complexity index is 134. The number of hydrogen-bond acceptors (Lipinski definition) is 4. The van der Waals surface area contributed by atoms with Crippen LogP contribution in [0.2, 0.25) is 0 Å². The number of rotatable bonds is 4. The molecule has 0 aliphatic heterocycles. The van der Waals surface area contributed by atoms with Crippen LogP contribution in [0.15, 0.2) is 0 Å². The van der Waals surface area contributed by atoms with Gasteiger partial charge in [-0.3, -0.25) is 4.52 Å². The molecule has 1 atom stereocenters. The first-order chi connectivity index (χ1) is 4.45. The molecule has 0 saturated carbocycles. The predicted octanol–water partition coefficient (Wildman–Crippen LogP) is -1.55. The van der Waals surface area contributed by atoms with Crippen LogP contribution >= 0.6 is 7.82 Å². The van der Waals surface area contributed by atoms with Gasteiger partial charge >= 0.3 is 7.82 Å². The summed E-state index contributed by atoms with van der Waals surface area (Å²) in [6, 6.07) is 0. The Kier molecular flexibility index (Phi) is 7.78. The molecule has 0 rings (SSSR count). The van der Waals surface area contributed by atoms with E-state index < -0.39 is 27.1 Å². The van der Waals surface area contributed by atoms with Gasteiger partial charge in [-0.2, -0.15) is 0 Å². The van der Waals surface area contributed by atoms with E-state index in [2.05, 4.69) is 4.52 Å². The Hall–Kier alpha value is 0.524. The molecule has 0 spiro atoms. The Balaban J connectivity index is 0. The molecular formula is C3H9NiO6P. The predicted molar refractivity (Wildman–Crippen MR) is 31.1 cm³/mol. The fraction of sp³-hybridized carbons (Fsp3) is 1.00. The molecule has 6 nitrogen and oxygen atoms in total. The minimum Gasteiger partial charge on any atom is -0.394 e. The van der Waals surface area contributed by atoms with Crippen LogP contribution in [0.3, 0.4) is 0 Å². The molecule has 0 aliphatic rings. The minimum absolute atomic E-state index is 0. The molecule has 72 valence electrons. The summed E-state index contributed by atoms with van der Waals surface area (Å²) in [5, 5.41) is 16.7. The average molecular weight is 231 g/mol. The van der Waals surface area contributed by atoms with Gasteiger partial charge in [0, 0.05) is 16.5 Å². The van der Waals surface area contributed by atoms with Crippen molar-refractivity contribution in [2.75, 3.05) is 13.2 Å². The summed E-state index contributed by atoms with van der Waals surface area (Å²) in [5.74, 6) is 0. The monoisotopic (exact) mass is 230 g/mol. The van der Waals surface area contributed by atoms with E-state index in [1.165, 1.54) is 0 Å². The van der Waals surface area contributed by atoms with E-state index in [4.69, 9.17) is 20.0 Å². The molecule has 1 unspecified atom stereocenters. The van der Waals surface area contributed by atoms with E-state index >= 15 is 0 Å². The molecule has 11 heavy (non-hydrogen) atoms. The fourth-order valence-electron chi connectivity index (χ4n) is 0.236. The van der Waals surface area contributed by atoms with Gasteiger partial charge in [-0.05, 0) is 0 Å². The Labute approximate surface area is 73.4 Å². The molecule has 0 saturated heterocycles. The van der Waals surface area contributed by atoms with Crippen LogP contribution in [0.1, 0.15) is 0 Å². The van der Waals surface area contributed by atoms with Gasteiger partial charge in [0.25, 0.3) is 0 Å². The zero-order valence-corrected chi connectivity index (χ0v) is 7.24. The third kappa shape index (κ3) is 10.5. The van der Waals surface area contributed by atoms with Gasteiger partial charge in [0.2, 0.25) is 0 Å². The van der Waals surface area contributed by atoms with Crippen molar-refractivity contribution in [1.82, 2.24) is 0 Å². The van der Waals surface area contributed by atoms with Gasteiger partial charge in [-0.25, -0.2) is 4.57 Å². The smallest absolute Gasteiger partial charge is 0.394 e. The third-order valence-corrected chi connectivity index (χ3v) is 1.13. The summed E-state index contributed by atoms with van der Waals surface area (Å²) >= 11 is 0. The quantitative estimate of drug-likeness (QED) is 0.344. The second kappa shape index (κ2) is 6.09. The van der Waals surface area contributed by atoms with Crippen LogP contribution in [-0.2, 0) is 25.6 Å². The summed E-state index contributed by atoms with van der Waals surface area (Å²) in [6.45, 7) is -1.15. The minimum atomic E-state index is -4.50. The molecule has 4 N–H and O–H groups in total. The van der Waals surface area contributed by atoms with Crippen molar-refractivity contribution < 1.29 is 45.6 Å². The number of phosphoric ester groups is 1. The largest absolute Gasteiger partial charge is 0.469 e. The summed E-state index contributed by atoms with van der Waals surface area (Å²) < 4.78 is 13.8. The standard InChI is InChI=1S/C3H9O6P.Ni/c4-1-3(5)2-9-10(6,7)8;/h3-5H,1-2H2,(H2,6,7,8);. The van der Waals surface area contributed by atoms with Crippen LogP contribution in [0.4, 0.5) is 0 Å². The van der Waals surface area contributed by atoms with E-state index in [-0.39, 0.29) is 16.5 Å². The SMILES string of the molecule is O=P(O)(O)OCC(O)CO.[Ni]. The van der Waals surface area contributed by atoms with Crippen LogP contribution in [0.5, 0.6) is 0 Å². The van der Waals surface area contributed by atoms with Gasteiger partial charge in [0.1, 0.15) is 6.10 Å². The molecule has 0 aliphatic carbocycles. The molecule has 0 amide bonds. The van der Waals surface area contributed by atoms with Crippen LogP contribution < -0.4 is 0 Å². The van der Waals surface area contributed by atoms with Gasteiger partial charge in [-0.15, -0.1) is 0 Å². The Morgan fingerprint density at radius 1 is 1.45 bits per heavy atom. The fourth-order valence-corrected chi connectivity index (χ4v) is 0.602. The van der Waals surface area contributed by atoms with Crippen molar-refractivity contribution in [1.29, 1.82) is 0 Å². The van der Waals surface area contributed by atoms with Crippen molar-refractivity contribution in [2.24, 2.45) is 0 Å². The summed E-state index contributed by atoms with van der Waals surface area (Å²) in [6.07, 6.45) is -1.24. The zero-order valence-electron chi connectivity index (χ0n) is 5.36. The van der Waals surface area contributed by atoms with Gasteiger partial charge in [0.15, 0.2) is 0 Å². The van der Waals surface area contributed by atoms with E-state index in [1.54, 1.807) is 0 Å². The molecule has 8 heteroatoms. The normalized spacial score (nSPS) is 13.8. The maximum absolute atomic E-state index is 9.93. The van der Waals surface area contributed by atoms with Crippen molar-refractivity contribution in [3.63, 3.8) is 0 Å². The molecule has 0 heterocycles.